The van der Waals surface area contributed by atoms with Crippen LogP contribution in [0.1, 0.15) is 55.3 Å². The van der Waals surface area contributed by atoms with Gasteiger partial charge in [-0.15, -0.1) is 11.3 Å². The summed E-state index contributed by atoms with van der Waals surface area (Å²) in [6.45, 7) is 11.4. The number of carbonyl (C=O) groups is 1. The van der Waals surface area contributed by atoms with Crippen molar-refractivity contribution in [3.8, 4) is 5.75 Å². The number of aliphatic carboxylic acids is 1. The van der Waals surface area contributed by atoms with E-state index in [2.05, 4.69) is 48.1 Å². The number of anilines is 1. The molecule has 0 bridgehead atoms. The lowest BCUT2D eigenvalue weighted by Gasteiger charge is -2.28. The van der Waals surface area contributed by atoms with Gasteiger partial charge in [0, 0.05) is 62.0 Å². The van der Waals surface area contributed by atoms with Crippen LogP contribution in [0.25, 0.3) is 10.9 Å². The molecule has 7 nitrogen and oxygen atoms in total. The van der Waals surface area contributed by atoms with E-state index < -0.39 is 5.97 Å². The molecular weight excluding hydrogens is 448 g/mol. The lowest BCUT2D eigenvalue weighted by Crippen LogP contribution is -2.31. The molecule has 8 heteroatoms. The Balaban J connectivity index is 1.54. The first kappa shape index (κ1) is 24.4. The number of ether oxygens (including phenoxy) is 1. The van der Waals surface area contributed by atoms with Crippen molar-refractivity contribution in [2.75, 3.05) is 37.7 Å². The summed E-state index contributed by atoms with van der Waals surface area (Å²) in [6.07, 6.45) is 3.46. The van der Waals surface area contributed by atoms with E-state index in [1.165, 1.54) is 5.01 Å². The van der Waals surface area contributed by atoms with Gasteiger partial charge in [-0.05, 0) is 37.5 Å². The fraction of sp³-hybridized carbons (Fsp3) is 0.500. The Morgan fingerprint density at radius 1 is 1.26 bits per heavy atom. The molecule has 1 fully saturated rings. The average molecular weight is 483 g/mol. The zero-order valence-corrected chi connectivity index (χ0v) is 21.1. The molecule has 3 heterocycles. The predicted molar refractivity (Wildman–Crippen MR) is 137 cm³/mol. The Bertz CT molecular complexity index is 1130. The number of carboxylic acid groups (broad SMARTS) is 1. The first-order valence-corrected chi connectivity index (χ1v) is 12.9. The summed E-state index contributed by atoms with van der Waals surface area (Å²) in [4.78, 5) is 25.3. The minimum atomic E-state index is -0.797. The Morgan fingerprint density at radius 3 is 2.88 bits per heavy atom. The van der Waals surface area contributed by atoms with Gasteiger partial charge in [0.1, 0.15) is 11.4 Å². The smallest absolute Gasteiger partial charge is 0.303 e. The van der Waals surface area contributed by atoms with Crippen LogP contribution in [-0.4, -0.2) is 58.7 Å². The summed E-state index contributed by atoms with van der Waals surface area (Å²) < 4.78 is 6.20. The Labute approximate surface area is 205 Å². The number of pyridine rings is 1. The topological polar surface area (TPSA) is 78.8 Å². The molecule has 1 saturated heterocycles. The van der Waals surface area contributed by atoms with Crippen LogP contribution in [0.2, 0.25) is 0 Å². The third-order valence-corrected chi connectivity index (χ3v) is 7.34. The van der Waals surface area contributed by atoms with Crippen LogP contribution in [0.3, 0.4) is 0 Å². The van der Waals surface area contributed by atoms with Gasteiger partial charge >= 0.3 is 5.97 Å². The van der Waals surface area contributed by atoms with Crippen molar-refractivity contribution in [2.45, 2.75) is 52.5 Å². The number of nitrogens with zero attached hydrogens (tertiary/aromatic N) is 4. The molecule has 1 aromatic carbocycles. The SMILES string of the molecule is Cc1cc2cccnc2c(N2CCCN(Cc3csc(C(C)C)n3)CC2)c1OCCCC(=O)O. The van der Waals surface area contributed by atoms with Gasteiger partial charge < -0.3 is 14.7 Å². The maximum absolute atomic E-state index is 10.9. The van der Waals surface area contributed by atoms with Crippen molar-refractivity contribution in [2.24, 2.45) is 0 Å². The maximum atomic E-state index is 10.9. The summed E-state index contributed by atoms with van der Waals surface area (Å²) in [5.41, 5.74) is 4.18. The van der Waals surface area contributed by atoms with Crippen molar-refractivity contribution in [1.29, 1.82) is 0 Å². The first-order chi connectivity index (χ1) is 16.4. The van der Waals surface area contributed by atoms with Crippen molar-refractivity contribution < 1.29 is 14.6 Å². The van der Waals surface area contributed by atoms with E-state index in [0.717, 1.165) is 72.7 Å². The highest BCUT2D eigenvalue weighted by atomic mass is 32.1. The van der Waals surface area contributed by atoms with Gasteiger partial charge in [-0.25, -0.2) is 4.98 Å². The normalized spacial score (nSPS) is 15.1. The lowest BCUT2D eigenvalue weighted by molar-refractivity contribution is -0.137. The number of carboxylic acids is 1. The molecule has 2 aromatic heterocycles. The van der Waals surface area contributed by atoms with Crippen molar-refractivity contribution in [3.05, 3.63) is 46.0 Å². The summed E-state index contributed by atoms with van der Waals surface area (Å²) >= 11 is 1.76. The predicted octanol–water partition coefficient (Wildman–Crippen LogP) is 5.08. The van der Waals surface area contributed by atoms with E-state index in [4.69, 9.17) is 19.8 Å². The third-order valence-electron chi connectivity index (χ3n) is 6.14. The fourth-order valence-corrected chi connectivity index (χ4v) is 5.27. The van der Waals surface area contributed by atoms with Crippen LogP contribution in [0.15, 0.2) is 29.8 Å². The van der Waals surface area contributed by atoms with Crippen molar-refractivity contribution in [3.63, 3.8) is 0 Å². The number of thiazole rings is 1. The summed E-state index contributed by atoms with van der Waals surface area (Å²) in [6, 6.07) is 6.16. The molecule has 0 amide bonds. The summed E-state index contributed by atoms with van der Waals surface area (Å²) in [5, 5.41) is 13.5. The largest absolute Gasteiger partial charge is 0.491 e. The molecule has 1 N–H and O–H groups in total. The van der Waals surface area contributed by atoms with Crippen LogP contribution in [-0.2, 0) is 11.3 Å². The van der Waals surface area contributed by atoms with Crippen LogP contribution >= 0.6 is 11.3 Å². The maximum Gasteiger partial charge on any atom is 0.303 e. The van der Waals surface area contributed by atoms with E-state index in [0.29, 0.717) is 18.9 Å². The Kier molecular flexibility index (Phi) is 8.00. The second-order valence-corrected chi connectivity index (χ2v) is 10.1. The van der Waals surface area contributed by atoms with E-state index in [9.17, 15) is 4.79 Å². The van der Waals surface area contributed by atoms with Crippen LogP contribution in [0, 0.1) is 6.92 Å². The highest BCUT2D eigenvalue weighted by Gasteiger charge is 2.23. The zero-order chi connectivity index (χ0) is 24.1. The van der Waals surface area contributed by atoms with Crippen LogP contribution in [0.4, 0.5) is 5.69 Å². The number of benzene rings is 1. The molecule has 34 heavy (non-hydrogen) atoms. The number of hydrogen-bond acceptors (Lipinski definition) is 7. The molecule has 0 radical (unpaired) electrons. The molecule has 3 aromatic rings. The molecule has 0 aliphatic carbocycles. The molecule has 0 atom stereocenters. The van der Waals surface area contributed by atoms with Crippen molar-refractivity contribution in [1.82, 2.24) is 14.9 Å². The molecule has 4 rings (SSSR count). The quantitative estimate of drug-likeness (QED) is 0.426. The highest BCUT2D eigenvalue weighted by Crippen LogP contribution is 2.39. The molecule has 1 aliphatic heterocycles. The number of aryl methyl sites for hydroxylation is 1. The third kappa shape index (κ3) is 5.85. The summed E-state index contributed by atoms with van der Waals surface area (Å²) in [7, 11) is 0. The van der Waals surface area contributed by atoms with Crippen LogP contribution < -0.4 is 9.64 Å². The lowest BCUT2D eigenvalue weighted by atomic mass is 10.1. The number of hydrogen-bond donors (Lipinski definition) is 1. The van der Waals surface area contributed by atoms with Gasteiger partial charge in [-0.1, -0.05) is 19.9 Å². The van der Waals surface area contributed by atoms with E-state index >= 15 is 0 Å². The first-order valence-electron chi connectivity index (χ1n) is 12.1. The van der Waals surface area contributed by atoms with Crippen molar-refractivity contribution >= 4 is 33.9 Å². The second-order valence-electron chi connectivity index (χ2n) is 9.24. The number of aromatic nitrogens is 2. The molecule has 0 spiro atoms. The highest BCUT2D eigenvalue weighted by molar-refractivity contribution is 7.09. The van der Waals surface area contributed by atoms with Gasteiger partial charge in [-0.2, -0.15) is 0 Å². The number of fused-ring (bicyclic) bond motifs is 1. The van der Waals surface area contributed by atoms with Crippen LogP contribution in [0.5, 0.6) is 5.75 Å². The summed E-state index contributed by atoms with van der Waals surface area (Å²) in [5.74, 6) is 0.495. The minimum absolute atomic E-state index is 0.105. The van der Waals surface area contributed by atoms with E-state index in [1.807, 2.05) is 12.3 Å². The molecule has 182 valence electrons. The Hall–Kier alpha value is -2.71. The molecule has 0 saturated carbocycles. The zero-order valence-electron chi connectivity index (χ0n) is 20.3. The van der Waals surface area contributed by atoms with Gasteiger partial charge in [0.05, 0.1) is 22.8 Å². The van der Waals surface area contributed by atoms with Gasteiger partial charge in [0.15, 0.2) is 0 Å². The monoisotopic (exact) mass is 482 g/mol. The second kappa shape index (κ2) is 11.1. The average Bonchev–Trinajstić information content (AvgIpc) is 3.16. The van der Waals surface area contributed by atoms with Gasteiger partial charge in [0.25, 0.3) is 0 Å². The van der Waals surface area contributed by atoms with E-state index in [-0.39, 0.29) is 6.42 Å². The molecule has 0 unspecified atom stereocenters. The standard InChI is InChI=1S/C26H34N4O3S/c1-18(2)26-28-21(17-34-26)16-29-10-6-11-30(13-12-29)24-23-20(7-4-9-27-23)15-19(3)25(24)33-14-5-8-22(31)32/h4,7,9,15,17-18H,5-6,8,10-14,16H2,1-3H3,(H,31,32). The molecular formula is C26H34N4O3S. The van der Waals surface area contributed by atoms with Gasteiger partial charge in [-0.3, -0.25) is 14.7 Å². The molecule has 1 aliphatic rings. The number of rotatable bonds is 9. The van der Waals surface area contributed by atoms with Gasteiger partial charge in [0.2, 0.25) is 0 Å². The Morgan fingerprint density at radius 2 is 2.12 bits per heavy atom. The van der Waals surface area contributed by atoms with E-state index in [1.54, 1.807) is 11.3 Å². The fourth-order valence-electron chi connectivity index (χ4n) is 4.44. The minimum Gasteiger partial charge on any atom is -0.491 e.